The lowest BCUT2D eigenvalue weighted by Gasteiger charge is -2.43. The van der Waals surface area contributed by atoms with Crippen LogP contribution in [0.5, 0.6) is 5.75 Å². The van der Waals surface area contributed by atoms with E-state index in [0.717, 1.165) is 0 Å². The number of fused-ring (bicyclic) bond motifs is 2. The van der Waals surface area contributed by atoms with E-state index in [-0.39, 0.29) is 47.3 Å². The van der Waals surface area contributed by atoms with Crippen molar-refractivity contribution in [2.75, 3.05) is 14.1 Å². The van der Waals surface area contributed by atoms with Gasteiger partial charge < -0.3 is 29.7 Å². The van der Waals surface area contributed by atoms with Crippen LogP contribution in [0, 0.1) is 11.8 Å². The van der Waals surface area contributed by atoms with E-state index < -0.39 is 48.3 Å². The van der Waals surface area contributed by atoms with Crippen LogP contribution < -0.4 is 0 Å². The lowest BCUT2D eigenvalue weighted by atomic mass is 9.67. The zero-order chi connectivity index (χ0) is 24.2. The summed E-state index contributed by atoms with van der Waals surface area (Å²) in [6.45, 7) is 3.42. The van der Waals surface area contributed by atoms with Gasteiger partial charge in [-0.3, -0.25) is 14.4 Å². The van der Waals surface area contributed by atoms with Gasteiger partial charge in [-0.25, -0.2) is 0 Å². The number of nitrogens with zero attached hydrogens (tertiary/aromatic N) is 1. The molecule has 4 rings (SSSR count). The minimum atomic E-state index is -1.02. The Labute approximate surface area is 192 Å². The number of carbonyl (C=O) groups excluding carboxylic acids is 2. The number of aliphatic carboxylic acids is 1. The SMILES string of the molecule is CC1OC(c2ccc3c(c2O)C(=O)C2C(C)OC(CC(=O)O)CC2C3=O)CC(N(C)C)C1O. The van der Waals surface area contributed by atoms with Gasteiger partial charge in [0.25, 0.3) is 0 Å². The van der Waals surface area contributed by atoms with Crippen molar-refractivity contribution in [1.29, 1.82) is 0 Å². The number of phenols is 1. The largest absolute Gasteiger partial charge is 0.507 e. The molecule has 9 heteroatoms. The predicted octanol–water partition coefficient (Wildman–Crippen LogP) is 1.80. The molecule has 33 heavy (non-hydrogen) atoms. The summed E-state index contributed by atoms with van der Waals surface area (Å²) < 4.78 is 11.7. The van der Waals surface area contributed by atoms with Crippen LogP contribution in [0.25, 0.3) is 0 Å². The number of phenolic OH excluding ortho intramolecular Hbond substituents is 1. The van der Waals surface area contributed by atoms with E-state index in [1.54, 1.807) is 26.0 Å². The van der Waals surface area contributed by atoms with Crippen molar-refractivity contribution >= 4 is 17.5 Å². The number of likely N-dealkylation sites (N-methyl/N-ethyl adjacent to an activating group) is 1. The number of aromatic hydroxyl groups is 1. The number of carbonyl (C=O) groups is 3. The maximum atomic E-state index is 13.5. The van der Waals surface area contributed by atoms with Crippen LogP contribution in [0.15, 0.2) is 12.1 Å². The first-order valence-electron chi connectivity index (χ1n) is 11.3. The number of hydrogen-bond donors (Lipinski definition) is 3. The average molecular weight is 462 g/mol. The summed E-state index contributed by atoms with van der Waals surface area (Å²) in [4.78, 5) is 39.8. The monoisotopic (exact) mass is 461 g/mol. The number of ketones is 2. The van der Waals surface area contributed by atoms with Crippen LogP contribution in [0.2, 0.25) is 0 Å². The number of ether oxygens (including phenoxy) is 2. The number of benzene rings is 1. The topological polar surface area (TPSA) is 134 Å². The zero-order valence-electron chi connectivity index (χ0n) is 19.2. The lowest BCUT2D eigenvalue weighted by molar-refractivity contribution is -0.145. The van der Waals surface area contributed by atoms with E-state index in [1.165, 1.54) is 0 Å². The van der Waals surface area contributed by atoms with E-state index in [4.69, 9.17) is 14.6 Å². The maximum absolute atomic E-state index is 13.5. The molecule has 3 N–H and O–H groups in total. The summed E-state index contributed by atoms with van der Waals surface area (Å²) in [5.41, 5.74) is 0.542. The van der Waals surface area contributed by atoms with Crippen LogP contribution >= 0.6 is 0 Å². The molecule has 1 aliphatic carbocycles. The fraction of sp³-hybridized carbons (Fsp3) is 0.625. The Hall–Kier alpha value is -2.33. The smallest absolute Gasteiger partial charge is 0.305 e. The van der Waals surface area contributed by atoms with Crippen molar-refractivity contribution in [3.8, 4) is 5.75 Å². The van der Waals surface area contributed by atoms with Crippen molar-refractivity contribution in [3.05, 3.63) is 28.8 Å². The first-order valence-corrected chi connectivity index (χ1v) is 11.3. The molecule has 1 aromatic carbocycles. The third-order valence-corrected chi connectivity index (χ3v) is 7.35. The van der Waals surface area contributed by atoms with E-state index in [1.807, 2.05) is 19.0 Å². The highest BCUT2D eigenvalue weighted by Gasteiger charge is 2.50. The Balaban J connectivity index is 1.69. The van der Waals surface area contributed by atoms with Gasteiger partial charge in [-0.2, -0.15) is 0 Å². The van der Waals surface area contributed by atoms with Crippen LogP contribution in [0.1, 0.15) is 65.5 Å². The van der Waals surface area contributed by atoms with Gasteiger partial charge in [0.05, 0.1) is 48.4 Å². The number of carboxylic acids is 1. The molecule has 8 atom stereocenters. The van der Waals surface area contributed by atoms with Gasteiger partial charge in [0.15, 0.2) is 11.6 Å². The van der Waals surface area contributed by atoms with Crippen molar-refractivity contribution in [1.82, 2.24) is 4.90 Å². The summed E-state index contributed by atoms with van der Waals surface area (Å²) in [5, 5.41) is 30.7. The molecule has 2 aliphatic heterocycles. The molecule has 3 aliphatic rings. The molecule has 0 aromatic heterocycles. The number of hydrogen-bond acceptors (Lipinski definition) is 8. The number of carboxylic acid groups (broad SMARTS) is 1. The Morgan fingerprint density at radius 2 is 1.79 bits per heavy atom. The minimum absolute atomic E-state index is 0.0188. The molecule has 2 heterocycles. The van der Waals surface area contributed by atoms with Crippen LogP contribution in [-0.4, -0.2) is 82.3 Å². The van der Waals surface area contributed by atoms with Gasteiger partial charge in [-0.05, 0) is 40.8 Å². The number of rotatable bonds is 4. The molecular weight excluding hydrogens is 430 g/mol. The summed E-state index contributed by atoms with van der Waals surface area (Å²) in [6.07, 6.45) is -2.69. The summed E-state index contributed by atoms with van der Waals surface area (Å²) in [6, 6.07) is 2.96. The molecule has 0 spiro atoms. The molecule has 0 radical (unpaired) electrons. The standard InChI is InChI=1S/C24H31NO8/c1-10-19-15(7-12(32-10)8-18(26)27)22(29)14-6-5-13(23(30)20(14)24(19)31)17-9-16(25(3)4)21(28)11(2)33-17/h5-6,10-12,15-17,19,21,28,30H,7-9H2,1-4H3,(H,26,27). The Bertz CT molecular complexity index is 975. The van der Waals surface area contributed by atoms with Gasteiger partial charge in [0.2, 0.25) is 0 Å². The molecule has 2 fully saturated rings. The highest BCUT2D eigenvalue weighted by Crippen LogP contribution is 2.46. The third kappa shape index (κ3) is 4.07. The fourth-order valence-electron chi connectivity index (χ4n) is 5.66. The average Bonchev–Trinajstić information content (AvgIpc) is 2.72. The first kappa shape index (κ1) is 23.8. The second kappa shape index (κ2) is 8.79. The number of aliphatic hydroxyl groups is 1. The quantitative estimate of drug-likeness (QED) is 0.614. The molecule has 180 valence electrons. The van der Waals surface area contributed by atoms with Gasteiger partial charge in [0.1, 0.15) is 5.75 Å². The lowest BCUT2D eigenvalue weighted by Crippen LogP contribution is -2.51. The highest BCUT2D eigenvalue weighted by atomic mass is 16.5. The van der Waals surface area contributed by atoms with Gasteiger partial charge in [-0.15, -0.1) is 0 Å². The second-order valence-corrected chi connectivity index (χ2v) is 9.67. The van der Waals surface area contributed by atoms with Crippen LogP contribution in [0.3, 0.4) is 0 Å². The molecule has 9 nitrogen and oxygen atoms in total. The zero-order valence-corrected chi connectivity index (χ0v) is 19.2. The predicted molar refractivity (Wildman–Crippen MR) is 116 cm³/mol. The van der Waals surface area contributed by atoms with Crippen molar-refractivity contribution in [2.45, 2.75) is 69.7 Å². The third-order valence-electron chi connectivity index (χ3n) is 7.35. The second-order valence-electron chi connectivity index (χ2n) is 9.67. The molecule has 0 bridgehead atoms. The summed E-state index contributed by atoms with van der Waals surface area (Å²) >= 11 is 0. The molecule has 0 amide bonds. The summed E-state index contributed by atoms with van der Waals surface area (Å²) in [7, 11) is 3.72. The van der Waals surface area contributed by atoms with Gasteiger partial charge in [0, 0.05) is 23.1 Å². The summed E-state index contributed by atoms with van der Waals surface area (Å²) in [5.74, 6) is -3.40. The van der Waals surface area contributed by atoms with E-state index in [2.05, 4.69) is 0 Å². The maximum Gasteiger partial charge on any atom is 0.305 e. The van der Waals surface area contributed by atoms with Gasteiger partial charge in [-0.1, -0.05) is 12.1 Å². The van der Waals surface area contributed by atoms with E-state index in [0.29, 0.717) is 12.0 Å². The first-order chi connectivity index (χ1) is 15.5. The molecular formula is C24H31NO8. The van der Waals surface area contributed by atoms with Gasteiger partial charge >= 0.3 is 5.97 Å². The van der Waals surface area contributed by atoms with Crippen LogP contribution in [0.4, 0.5) is 0 Å². The van der Waals surface area contributed by atoms with E-state index in [9.17, 15) is 24.6 Å². The normalized spacial score (nSPS) is 36.4. The molecule has 2 saturated heterocycles. The van der Waals surface area contributed by atoms with Crippen molar-refractivity contribution in [3.63, 3.8) is 0 Å². The molecule has 1 aromatic rings. The molecule has 0 saturated carbocycles. The van der Waals surface area contributed by atoms with Crippen molar-refractivity contribution < 1.29 is 39.2 Å². The Morgan fingerprint density at radius 1 is 1.09 bits per heavy atom. The number of aliphatic hydroxyl groups excluding tert-OH is 1. The highest BCUT2D eigenvalue weighted by molar-refractivity contribution is 6.17. The number of Topliss-reactive ketones (excluding diaryl/α,β-unsaturated/α-hetero) is 2. The minimum Gasteiger partial charge on any atom is -0.507 e. The van der Waals surface area contributed by atoms with E-state index >= 15 is 0 Å². The Kier molecular flexibility index (Phi) is 6.34. The molecule has 8 unspecified atom stereocenters. The fourth-order valence-corrected chi connectivity index (χ4v) is 5.66. The Morgan fingerprint density at radius 3 is 2.42 bits per heavy atom. The van der Waals surface area contributed by atoms with Crippen LogP contribution in [-0.2, 0) is 14.3 Å². The van der Waals surface area contributed by atoms with Crippen molar-refractivity contribution in [2.24, 2.45) is 11.8 Å².